The summed E-state index contributed by atoms with van der Waals surface area (Å²) in [6.07, 6.45) is 120. The molecule has 0 radical (unpaired) electrons. The number of quaternary nitrogens is 3. The van der Waals surface area contributed by atoms with Gasteiger partial charge in [0.2, 0.25) is 0 Å². The van der Waals surface area contributed by atoms with Crippen LogP contribution in [0.5, 0.6) is 0 Å². The highest BCUT2D eigenvalue weighted by Crippen LogP contribution is 2.19. The van der Waals surface area contributed by atoms with Gasteiger partial charge < -0.3 is 14.7 Å². The van der Waals surface area contributed by atoms with Gasteiger partial charge in [0.15, 0.2) is 0 Å². The van der Waals surface area contributed by atoms with Gasteiger partial charge >= 0.3 is 0 Å². The molecule has 3 heteroatoms. The fourth-order valence-electron chi connectivity index (χ4n) is 15.7. The Kier molecular flexibility index (Phi) is 105. The maximum atomic E-state index is 2.43. The van der Waals surface area contributed by atoms with Crippen molar-refractivity contribution >= 4 is 0 Å². The van der Waals surface area contributed by atoms with Crippen LogP contribution in [0.4, 0.5) is 0 Å². The van der Waals surface area contributed by atoms with Crippen LogP contribution in [0.15, 0.2) is 0 Å². The lowest BCUT2D eigenvalue weighted by Crippen LogP contribution is -3.09. The molecule has 0 aromatic heterocycles. The molecule has 0 aliphatic carbocycles. The third-order valence-electron chi connectivity index (χ3n) is 23.2. The van der Waals surface area contributed by atoms with Crippen LogP contribution in [0.1, 0.15) is 568 Å². The summed E-state index contributed by atoms with van der Waals surface area (Å²) in [5.74, 6) is 0. The molecule has 3 nitrogen and oxygen atoms in total. The van der Waals surface area contributed by atoms with Crippen molar-refractivity contribution in [2.45, 2.75) is 568 Å². The van der Waals surface area contributed by atoms with Gasteiger partial charge in [-0.3, -0.25) is 0 Å². The summed E-state index contributed by atoms with van der Waals surface area (Å²) in [7, 11) is 7.26. The van der Waals surface area contributed by atoms with Crippen molar-refractivity contribution in [2.75, 3.05) is 60.4 Å². The average Bonchev–Trinajstić information content (AvgIpc) is 3.66. The number of hydrogen-bond acceptors (Lipinski definition) is 0. The van der Waals surface area contributed by atoms with E-state index in [4.69, 9.17) is 0 Å². The molecule has 606 valence electrons. The molecule has 0 aromatic rings. The Morgan fingerprint density at radius 1 is 0.0900 bits per heavy atom. The molecule has 3 N–H and O–H groups in total. The molecule has 0 aromatic carbocycles. The zero-order valence-corrected chi connectivity index (χ0v) is 72.7. The quantitative estimate of drug-likeness (QED) is 0.0503. The minimum absolute atomic E-state index is 1.37. The zero-order chi connectivity index (χ0) is 73.0. The van der Waals surface area contributed by atoms with E-state index in [-0.39, 0.29) is 0 Å². The van der Waals surface area contributed by atoms with E-state index >= 15 is 0 Å². The molecule has 0 saturated heterocycles. The minimum atomic E-state index is 1.37. The van der Waals surface area contributed by atoms with Gasteiger partial charge in [-0.05, 0) is 77.0 Å². The van der Waals surface area contributed by atoms with Gasteiger partial charge in [0.1, 0.15) is 0 Å². The summed E-state index contributed by atoms with van der Waals surface area (Å²) < 4.78 is 0. The van der Waals surface area contributed by atoms with Gasteiger partial charge in [-0.2, -0.15) is 0 Å². The summed E-state index contributed by atoms with van der Waals surface area (Å²) >= 11 is 0. The fourth-order valence-corrected chi connectivity index (χ4v) is 15.7. The molecule has 0 rings (SSSR count). The number of hydrogen-bond donors (Lipinski definition) is 3. The SMILES string of the molecule is CCCCCCCCCCCCCCCCCC[NH+](C)CCCCCCCCCCCCCCCC.CCCCCCCCCCCCCCCCCC[NH+](C)CCCCCCCCCCCCCCCCCC.CCCCCCCCCCCC[NH+](C)CCCCCCCCCCCC. The van der Waals surface area contributed by atoms with Crippen LogP contribution < -0.4 is 14.7 Å². The summed E-state index contributed by atoms with van der Waals surface area (Å²) in [6, 6.07) is 0. The smallest absolute Gasteiger partial charge is 0.0768 e. The van der Waals surface area contributed by atoms with E-state index in [9.17, 15) is 0 Å². The maximum Gasteiger partial charge on any atom is 0.0768 e. The number of unbranched alkanes of at least 4 members (excludes halogenated alkanes) is 76. The molecule has 0 heterocycles. The van der Waals surface area contributed by atoms with E-state index in [0.29, 0.717) is 0 Å². The third-order valence-corrected chi connectivity index (χ3v) is 23.2. The van der Waals surface area contributed by atoms with Gasteiger partial charge in [-0.1, -0.05) is 491 Å². The lowest BCUT2D eigenvalue weighted by Gasteiger charge is -2.13. The Morgan fingerprint density at radius 2 is 0.150 bits per heavy atom. The van der Waals surface area contributed by atoms with Crippen LogP contribution in [0.3, 0.4) is 0 Å². The van der Waals surface area contributed by atoms with Crippen LogP contribution in [-0.4, -0.2) is 60.4 Å². The Balaban J connectivity index is -0.00000144. The van der Waals surface area contributed by atoms with Crippen molar-refractivity contribution in [3.8, 4) is 0 Å². The van der Waals surface area contributed by atoms with E-state index < -0.39 is 0 Å². The number of nitrogens with one attached hydrogen (secondary N) is 3. The predicted octanol–water partition coefficient (Wildman–Crippen LogP) is 30.6. The lowest BCUT2D eigenvalue weighted by atomic mass is 10.0. The van der Waals surface area contributed by atoms with E-state index in [1.165, 1.54) is 566 Å². The van der Waals surface area contributed by atoms with Gasteiger partial charge in [0.05, 0.1) is 60.4 Å². The van der Waals surface area contributed by atoms with Crippen molar-refractivity contribution < 1.29 is 14.7 Å². The van der Waals surface area contributed by atoms with Gasteiger partial charge in [-0.25, -0.2) is 0 Å². The largest absolute Gasteiger partial charge is 0.337 e. The Labute approximate surface area is 639 Å². The second kappa shape index (κ2) is 101. The number of rotatable bonds is 88. The molecule has 0 fully saturated rings. The van der Waals surface area contributed by atoms with Crippen molar-refractivity contribution in [1.29, 1.82) is 0 Å². The molecule has 1 unspecified atom stereocenters. The fraction of sp³-hybridized carbons (Fsp3) is 1.00. The highest BCUT2D eigenvalue weighted by Gasteiger charge is 2.07. The molecule has 0 amide bonds. The van der Waals surface area contributed by atoms with E-state index in [1.807, 2.05) is 0 Å². The van der Waals surface area contributed by atoms with E-state index in [1.54, 1.807) is 14.7 Å². The molecule has 0 aliphatic heterocycles. The van der Waals surface area contributed by atoms with Crippen LogP contribution in [0, 0.1) is 0 Å². The molecule has 0 spiro atoms. The van der Waals surface area contributed by atoms with Gasteiger partial charge in [-0.15, -0.1) is 0 Å². The van der Waals surface area contributed by atoms with Crippen molar-refractivity contribution in [1.82, 2.24) is 0 Å². The van der Waals surface area contributed by atoms with E-state index in [0.717, 1.165) is 0 Å². The van der Waals surface area contributed by atoms with Crippen LogP contribution in [0.2, 0.25) is 0 Å². The Bertz CT molecular complexity index is 1240. The topological polar surface area (TPSA) is 13.3 Å². The molecular weight excluding hydrogens is 1210 g/mol. The maximum absolute atomic E-state index is 2.43. The van der Waals surface area contributed by atoms with E-state index in [2.05, 4.69) is 62.7 Å². The Hall–Kier alpha value is -0.120. The highest BCUT2D eigenvalue weighted by atomic mass is 15.1. The first-order valence-corrected chi connectivity index (χ1v) is 48.9. The van der Waals surface area contributed by atoms with Crippen LogP contribution >= 0.6 is 0 Å². The molecule has 1 atom stereocenters. The van der Waals surface area contributed by atoms with Gasteiger partial charge in [0, 0.05) is 0 Å². The first kappa shape index (κ1) is 104. The molecule has 0 saturated carbocycles. The normalized spacial score (nSPS) is 11.9. The van der Waals surface area contributed by atoms with Gasteiger partial charge in [0.25, 0.3) is 0 Å². The monoisotopic (exact) mass is 1410 g/mol. The zero-order valence-electron chi connectivity index (χ0n) is 72.7. The summed E-state index contributed by atoms with van der Waals surface area (Å²) in [6.45, 7) is 22.2. The van der Waals surface area contributed by atoms with Crippen molar-refractivity contribution in [3.63, 3.8) is 0 Å². The predicted molar refractivity (Wildman–Crippen MR) is 463 cm³/mol. The van der Waals surface area contributed by atoms with Crippen molar-refractivity contribution in [2.24, 2.45) is 0 Å². The minimum Gasteiger partial charge on any atom is -0.337 e. The first-order valence-electron chi connectivity index (χ1n) is 48.9. The summed E-state index contributed by atoms with van der Waals surface area (Å²) in [4.78, 5) is 5.32. The average molecular weight is 1410 g/mol. The highest BCUT2D eigenvalue weighted by molar-refractivity contribution is 4.56. The molecule has 0 aliphatic rings. The second-order valence-electron chi connectivity index (χ2n) is 34.2. The first-order chi connectivity index (χ1) is 49.4. The van der Waals surface area contributed by atoms with Crippen LogP contribution in [0.25, 0.3) is 0 Å². The second-order valence-corrected chi connectivity index (χ2v) is 34.2. The van der Waals surface area contributed by atoms with Crippen LogP contribution in [-0.2, 0) is 0 Å². The summed E-state index contributed by atoms with van der Waals surface area (Å²) in [5.41, 5.74) is 0. The lowest BCUT2D eigenvalue weighted by molar-refractivity contribution is -0.880. The van der Waals surface area contributed by atoms with Crippen molar-refractivity contribution in [3.05, 3.63) is 0 Å². The third kappa shape index (κ3) is 104. The standard InChI is InChI=1S/C37H77N.C35H73N.C25H53N/c1-4-6-8-10-12-14-16-18-20-22-24-26-28-30-32-34-36-38(3)37-35-33-31-29-27-25-23-21-19-17-15-13-11-9-7-5-2;1-4-6-8-10-12-14-16-18-20-21-23-25-27-29-31-33-35-36(3)34-32-30-28-26-24-22-19-17-15-13-11-9-7-5-2;1-4-6-8-10-12-14-16-18-20-22-24-26(3)25-23-21-19-17-15-13-11-9-7-5-2/h4-37H2,1-3H3;4-35H2,1-3H3;4-25H2,1-3H3/p+3. The summed E-state index contributed by atoms with van der Waals surface area (Å²) in [5, 5.41) is 0. The molecule has 100 heavy (non-hydrogen) atoms. The molecular formula is C97H206N3+3. The Morgan fingerprint density at radius 3 is 0.220 bits per heavy atom. The molecule has 0 bridgehead atoms.